The largest absolute Gasteiger partial charge is 0.306 e. The molecule has 2 rings (SSSR count). The Kier molecular flexibility index (Phi) is 5.30. The minimum Gasteiger partial charge on any atom is -0.306 e. The maximum Gasteiger partial charge on any atom is 0.134 e. The molecular weight excluding hydrogens is 367 g/mol. The Labute approximate surface area is 134 Å². The molecule has 1 N–H and O–H groups in total. The fourth-order valence-corrected chi connectivity index (χ4v) is 2.92. The summed E-state index contributed by atoms with van der Waals surface area (Å²) in [5.74, 6) is -2.85. The van der Waals surface area contributed by atoms with Crippen LogP contribution in [0.25, 0.3) is 0 Å². The van der Waals surface area contributed by atoms with Gasteiger partial charge in [0.05, 0.1) is 6.04 Å². The van der Waals surface area contributed by atoms with Crippen LogP contribution >= 0.6 is 27.5 Å². The molecule has 2 aromatic rings. The summed E-state index contributed by atoms with van der Waals surface area (Å²) in [7, 11) is 0. The van der Waals surface area contributed by atoms with Gasteiger partial charge in [0, 0.05) is 27.2 Å². The lowest BCUT2D eigenvalue weighted by molar-refractivity contribution is 0.492. The van der Waals surface area contributed by atoms with E-state index in [9.17, 15) is 13.2 Å². The molecule has 0 amide bonds. The third-order valence-corrected chi connectivity index (χ3v) is 3.83. The van der Waals surface area contributed by atoms with Gasteiger partial charge in [-0.1, -0.05) is 40.5 Å². The molecule has 0 heterocycles. The third-order valence-electron chi connectivity index (χ3n) is 3.01. The van der Waals surface area contributed by atoms with Crippen LogP contribution in [0.1, 0.15) is 24.1 Å². The van der Waals surface area contributed by atoms with Gasteiger partial charge in [0.2, 0.25) is 0 Å². The Morgan fingerprint density at radius 2 is 1.76 bits per heavy atom. The Morgan fingerprint density at radius 1 is 1.14 bits per heavy atom. The summed E-state index contributed by atoms with van der Waals surface area (Å²) in [5, 5.41) is 3.33. The number of halogens is 5. The van der Waals surface area contributed by atoms with Crippen molar-refractivity contribution in [3.63, 3.8) is 0 Å². The molecule has 1 nitrogen and oxygen atoms in total. The van der Waals surface area contributed by atoms with Crippen molar-refractivity contribution in [3.05, 3.63) is 68.4 Å². The van der Waals surface area contributed by atoms with Gasteiger partial charge < -0.3 is 5.32 Å². The van der Waals surface area contributed by atoms with Crippen molar-refractivity contribution in [2.75, 3.05) is 6.54 Å². The quantitative estimate of drug-likeness (QED) is 0.769. The molecule has 0 aliphatic rings. The first-order valence-electron chi connectivity index (χ1n) is 6.26. The standard InChI is InChI=1S/C15H12BrClF3N/c1-2-21-15(10-4-3-8(16)5-11(10)17)14-12(19)6-9(18)7-13(14)20/h3-7,15,21H,2H2,1H3. The Balaban J connectivity index is 2.59. The molecule has 0 saturated heterocycles. The van der Waals surface area contributed by atoms with Crippen LogP contribution in [0.15, 0.2) is 34.8 Å². The Morgan fingerprint density at radius 3 is 2.29 bits per heavy atom. The average molecular weight is 379 g/mol. The van der Waals surface area contributed by atoms with Crippen LogP contribution in [0.5, 0.6) is 0 Å². The number of nitrogens with one attached hydrogen (secondary N) is 1. The highest BCUT2D eigenvalue weighted by atomic mass is 79.9. The predicted molar refractivity (Wildman–Crippen MR) is 81.0 cm³/mol. The van der Waals surface area contributed by atoms with E-state index >= 15 is 0 Å². The second-order valence-corrected chi connectivity index (χ2v) is 5.76. The van der Waals surface area contributed by atoms with Crippen LogP contribution in [-0.2, 0) is 0 Å². The van der Waals surface area contributed by atoms with Gasteiger partial charge in [0.1, 0.15) is 17.5 Å². The van der Waals surface area contributed by atoms with Gasteiger partial charge in [0.15, 0.2) is 0 Å². The molecule has 0 spiro atoms. The third kappa shape index (κ3) is 3.59. The minimum atomic E-state index is -0.953. The Hall–Kier alpha value is -1.04. The SMILES string of the molecule is CCNC(c1ccc(Br)cc1Cl)c1c(F)cc(F)cc1F. The first-order valence-corrected chi connectivity index (χ1v) is 7.44. The summed E-state index contributed by atoms with van der Waals surface area (Å²) in [6.45, 7) is 2.27. The molecule has 0 bridgehead atoms. The van der Waals surface area contributed by atoms with Gasteiger partial charge in [0.25, 0.3) is 0 Å². The lowest BCUT2D eigenvalue weighted by Crippen LogP contribution is -2.24. The average Bonchev–Trinajstić information content (AvgIpc) is 2.37. The maximum atomic E-state index is 14.0. The molecular formula is C15H12BrClF3N. The molecule has 1 unspecified atom stereocenters. The minimum absolute atomic E-state index is 0.248. The van der Waals surface area contributed by atoms with Crippen molar-refractivity contribution in [1.82, 2.24) is 5.32 Å². The van der Waals surface area contributed by atoms with Crippen LogP contribution < -0.4 is 5.32 Å². The summed E-state index contributed by atoms with van der Waals surface area (Å²) in [5.41, 5.74) is 0.272. The predicted octanol–water partition coefficient (Wildman–Crippen LogP) is 5.22. The number of hydrogen-bond donors (Lipinski definition) is 1. The van der Waals surface area contributed by atoms with Crippen LogP contribution in [0.4, 0.5) is 13.2 Å². The van der Waals surface area contributed by atoms with Crippen LogP contribution in [-0.4, -0.2) is 6.54 Å². The molecule has 6 heteroatoms. The highest BCUT2D eigenvalue weighted by Gasteiger charge is 2.24. The van der Waals surface area contributed by atoms with E-state index in [1.54, 1.807) is 25.1 Å². The molecule has 0 radical (unpaired) electrons. The summed E-state index contributed by atoms with van der Waals surface area (Å²) in [6, 6.07) is 5.56. The maximum absolute atomic E-state index is 14.0. The molecule has 0 aliphatic heterocycles. The first-order chi connectivity index (χ1) is 9.93. The fourth-order valence-electron chi connectivity index (χ4n) is 2.14. The van der Waals surface area contributed by atoms with E-state index in [-0.39, 0.29) is 5.56 Å². The van der Waals surface area contributed by atoms with Gasteiger partial charge in [-0.3, -0.25) is 0 Å². The van der Waals surface area contributed by atoms with E-state index < -0.39 is 23.5 Å². The molecule has 0 fully saturated rings. The second kappa shape index (κ2) is 6.81. The number of hydrogen-bond acceptors (Lipinski definition) is 1. The lowest BCUT2D eigenvalue weighted by atomic mass is 9.97. The summed E-state index contributed by atoms with van der Waals surface area (Å²) in [6.07, 6.45) is 0. The first kappa shape index (κ1) is 16.3. The van der Waals surface area contributed by atoms with E-state index in [0.29, 0.717) is 29.3 Å². The number of benzene rings is 2. The smallest absolute Gasteiger partial charge is 0.134 e. The fraction of sp³-hybridized carbons (Fsp3) is 0.200. The van der Waals surface area contributed by atoms with Crippen molar-refractivity contribution in [3.8, 4) is 0 Å². The van der Waals surface area contributed by atoms with Crippen LogP contribution in [0.2, 0.25) is 5.02 Å². The van der Waals surface area contributed by atoms with Gasteiger partial charge in [-0.25, -0.2) is 13.2 Å². The van der Waals surface area contributed by atoms with Crippen molar-refractivity contribution in [2.45, 2.75) is 13.0 Å². The lowest BCUT2D eigenvalue weighted by Gasteiger charge is -2.21. The second-order valence-electron chi connectivity index (χ2n) is 4.44. The topological polar surface area (TPSA) is 12.0 Å². The number of rotatable bonds is 4. The van der Waals surface area contributed by atoms with Gasteiger partial charge in [-0.15, -0.1) is 0 Å². The molecule has 1 atom stereocenters. The zero-order valence-electron chi connectivity index (χ0n) is 11.1. The van der Waals surface area contributed by atoms with Crippen LogP contribution in [0.3, 0.4) is 0 Å². The van der Waals surface area contributed by atoms with E-state index in [0.717, 1.165) is 4.47 Å². The van der Waals surface area contributed by atoms with Gasteiger partial charge >= 0.3 is 0 Å². The van der Waals surface area contributed by atoms with Crippen LogP contribution in [0, 0.1) is 17.5 Å². The van der Waals surface area contributed by atoms with Gasteiger partial charge in [-0.2, -0.15) is 0 Å². The summed E-state index contributed by atoms with van der Waals surface area (Å²) in [4.78, 5) is 0. The van der Waals surface area contributed by atoms with Crippen molar-refractivity contribution >= 4 is 27.5 Å². The monoisotopic (exact) mass is 377 g/mol. The van der Waals surface area contributed by atoms with E-state index in [1.807, 2.05) is 0 Å². The van der Waals surface area contributed by atoms with Crippen molar-refractivity contribution in [1.29, 1.82) is 0 Å². The van der Waals surface area contributed by atoms with E-state index in [4.69, 9.17) is 11.6 Å². The zero-order valence-corrected chi connectivity index (χ0v) is 13.4. The highest BCUT2D eigenvalue weighted by Crippen LogP contribution is 2.33. The highest BCUT2D eigenvalue weighted by molar-refractivity contribution is 9.10. The van der Waals surface area contributed by atoms with E-state index in [2.05, 4.69) is 21.2 Å². The van der Waals surface area contributed by atoms with E-state index in [1.165, 1.54) is 0 Å². The zero-order chi connectivity index (χ0) is 15.6. The summed E-state index contributed by atoms with van der Waals surface area (Å²) >= 11 is 9.43. The normalized spacial score (nSPS) is 12.5. The Bertz CT molecular complexity index is 640. The molecule has 0 aliphatic carbocycles. The molecule has 0 aromatic heterocycles. The molecule has 112 valence electrons. The molecule has 2 aromatic carbocycles. The van der Waals surface area contributed by atoms with Crippen molar-refractivity contribution < 1.29 is 13.2 Å². The molecule has 21 heavy (non-hydrogen) atoms. The van der Waals surface area contributed by atoms with Gasteiger partial charge in [-0.05, 0) is 24.2 Å². The molecule has 0 saturated carbocycles. The van der Waals surface area contributed by atoms with Crippen molar-refractivity contribution in [2.24, 2.45) is 0 Å². The summed E-state index contributed by atoms with van der Waals surface area (Å²) < 4.78 is 41.8.